The van der Waals surface area contributed by atoms with Crippen LogP contribution >= 0.6 is 11.3 Å². The van der Waals surface area contributed by atoms with Gasteiger partial charge in [-0.2, -0.15) is 0 Å². The molecule has 1 aromatic carbocycles. The van der Waals surface area contributed by atoms with Gasteiger partial charge < -0.3 is 15.4 Å². The smallest absolute Gasteiger partial charge is 0.251 e. The van der Waals surface area contributed by atoms with Gasteiger partial charge in [0, 0.05) is 42.4 Å². The fourth-order valence-electron chi connectivity index (χ4n) is 3.29. The number of rotatable bonds is 9. The fourth-order valence-corrected chi connectivity index (χ4v) is 4.03. The van der Waals surface area contributed by atoms with Crippen LogP contribution in [0.3, 0.4) is 0 Å². The molecule has 1 aliphatic rings. The Kier molecular flexibility index (Phi) is 7.59. The van der Waals surface area contributed by atoms with E-state index in [1.807, 2.05) is 18.4 Å². The van der Waals surface area contributed by atoms with Crippen molar-refractivity contribution in [1.29, 1.82) is 0 Å². The van der Waals surface area contributed by atoms with Crippen LogP contribution in [0.25, 0.3) is 0 Å². The Balaban J connectivity index is 1.61. The topological polar surface area (TPSA) is 70.7 Å². The number of benzene rings is 1. The Morgan fingerprint density at radius 2 is 2.18 bits per heavy atom. The highest BCUT2D eigenvalue weighted by molar-refractivity contribution is 7.09. The van der Waals surface area contributed by atoms with E-state index in [4.69, 9.17) is 4.74 Å². The van der Waals surface area contributed by atoms with E-state index in [9.17, 15) is 9.59 Å². The first-order valence-corrected chi connectivity index (χ1v) is 10.6. The Morgan fingerprint density at radius 1 is 1.29 bits per heavy atom. The number of carbonyl (C=O) groups excluding carboxylic acids is 2. The minimum Gasteiger partial charge on any atom is -0.377 e. The monoisotopic (exact) mass is 401 g/mol. The van der Waals surface area contributed by atoms with Gasteiger partial charge in [-0.25, -0.2) is 0 Å². The summed E-state index contributed by atoms with van der Waals surface area (Å²) >= 11 is 1.69. The van der Waals surface area contributed by atoms with Crippen molar-refractivity contribution >= 4 is 28.8 Å². The first kappa shape index (κ1) is 20.5. The zero-order valence-corrected chi connectivity index (χ0v) is 17.0. The molecule has 0 radical (unpaired) electrons. The molecule has 0 unspecified atom stereocenters. The number of hydrogen-bond acceptors (Lipinski definition) is 5. The maximum atomic E-state index is 12.6. The maximum absolute atomic E-state index is 12.6. The summed E-state index contributed by atoms with van der Waals surface area (Å²) in [5.74, 6) is -0.237. The molecule has 1 saturated heterocycles. The van der Waals surface area contributed by atoms with E-state index in [1.165, 1.54) is 4.88 Å². The molecule has 2 aromatic rings. The van der Waals surface area contributed by atoms with Crippen LogP contribution in [0.2, 0.25) is 0 Å². The minimum atomic E-state index is -0.142. The molecule has 0 spiro atoms. The standard InChI is InChI=1S/C21H27N3O3S/c1-2-22-21(26)16-6-3-7-17(12-16)23-20(25)15-24(13-18-8-4-10-27-18)14-19-9-5-11-28-19/h3,5-7,9,11-12,18H,2,4,8,10,13-15H2,1H3,(H,22,26)(H,23,25)/t18-/m1/s1. The molecule has 2 N–H and O–H groups in total. The number of amides is 2. The third kappa shape index (κ3) is 6.15. The normalized spacial score (nSPS) is 16.3. The number of ether oxygens (including phenoxy) is 1. The van der Waals surface area contributed by atoms with Crippen molar-refractivity contribution in [2.75, 3.05) is 31.6 Å². The van der Waals surface area contributed by atoms with Crippen LogP contribution in [0.5, 0.6) is 0 Å². The summed E-state index contributed by atoms with van der Waals surface area (Å²) in [4.78, 5) is 28.0. The Morgan fingerprint density at radius 3 is 2.89 bits per heavy atom. The number of hydrogen-bond donors (Lipinski definition) is 2. The van der Waals surface area contributed by atoms with Gasteiger partial charge in [0.15, 0.2) is 0 Å². The lowest BCUT2D eigenvalue weighted by Gasteiger charge is -2.24. The van der Waals surface area contributed by atoms with E-state index in [0.717, 1.165) is 32.5 Å². The molecule has 28 heavy (non-hydrogen) atoms. The Hall–Kier alpha value is -2.22. The molecule has 2 amide bonds. The van der Waals surface area contributed by atoms with Gasteiger partial charge in [0.2, 0.25) is 5.91 Å². The van der Waals surface area contributed by atoms with E-state index >= 15 is 0 Å². The number of anilines is 1. The van der Waals surface area contributed by atoms with Gasteiger partial charge in [0.25, 0.3) is 5.91 Å². The van der Waals surface area contributed by atoms with Gasteiger partial charge in [-0.1, -0.05) is 12.1 Å². The SMILES string of the molecule is CCNC(=O)c1cccc(NC(=O)CN(Cc2cccs2)C[C@H]2CCCO2)c1. The molecule has 1 aliphatic heterocycles. The van der Waals surface area contributed by atoms with Crippen LogP contribution in [-0.2, 0) is 16.1 Å². The summed E-state index contributed by atoms with van der Waals surface area (Å²) in [6.07, 6.45) is 2.31. The molecule has 0 aliphatic carbocycles. The predicted octanol–water partition coefficient (Wildman–Crippen LogP) is 3.12. The maximum Gasteiger partial charge on any atom is 0.251 e. The van der Waals surface area contributed by atoms with Crippen molar-refractivity contribution < 1.29 is 14.3 Å². The molecule has 0 saturated carbocycles. The van der Waals surface area contributed by atoms with E-state index in [2.05, 4.69) is 21.6 Å². The molecular formula is C21H27N3O3S. The van der Waals surface area contributed by atoms with Crippen molar-refractivity contribution in [2.24, 2.45) is 0 Å². The zero-order chi connectivity index (χ0) is 19.8. The van der Waals surface area contributed by atoms with E-state index in [-0.39, 0.29) is 24.5 Å². The zero-order valence-electron chi connectivity index (χ0n) is 16.1. The number of thiophene rings is 1. The van der Waals surface area contributed by atoms with Crippen LogP contribution in [0, 0.1) is 0 Å². The highest BCUT2D eigenvalue weighted by Gasteiger charge is 2.21. The van der Waals surface area contributed by atoms with Crippen molar-refractivity contribution in [1.82, 2.24) is 10.2 Å². The summed E-state index contributed by atoms with van der Waals surface area (Å²) in [5, 5.41) is 7.73. The van der Waals surface area contributed by atoms with Crippen molar-refractivity contribution in [3.05, 3.63) is 52.2 Å². The largest absolute Gasteiger partial charge is 0.377 e. The van der Waals surface area contributed by atoms with Gasteiger partial charge in [0.05, 0.1) is 12.6 Å². The second kappa shape index (κ2) is 10.4. The molecule has 2 heterocycles. The van der Waals surface area contributed by atoms with Crippen molar-refractivity contribution in [3.63, 3.8) is 0 Å². The second-order valence-corrected chi connectivity index (χ2v) is 7.90. The van der Waals surface area contributed by atoms with E-state index in [0.29, 0.717) is 17.8 Å². The van der Waals surface area contributed by atoms with Gasteiger partial charge in [-0.3, -0.25) is 14.5 Å². The first-order valence-electron chi connectivity index (χ1n) is 9.68. The molecule has 1 fully saturated rings. The molecule has 1 aromatic heterocycles. The van der Waals surface area contributed by atoms with Gasteiger partial charge in [-0.05, 0) is 49.4 Å². The second-order valence-electron chi connectivity index (χ2n) is 6.87. The molecule has 150 valence electrons. The van der Waals surface area contributed by atoms with Gasteiger partial charge >= 0.3 is 0 Å². The third-order valence-electron chi connectivity index (χ3n) is 4.56. The van der Waals surface area contributed by atoms with Crippen LogP contribution in [-0.4, -0.2) is 49.1 Å². The molecule has 1 atom stereocenters. The lowest BCUT2D eigenvalue weighted by atomic mass is 10.2. The summed E-state index contributed by atoms with van der Waals surface area (Å²) in [6, 6.07) is 11.1. The average molecular weight is 402 g/mol. The number of nitrogens with zero attached hydrogens (tertiary/aromatic N) is 1. The van der Waals surface area contributed by atoms with E-state index < -0.39 is 0 Å². The lowest BCUT2D eigenvalue weighted by Crippen LogP contribution is -2.37. The molecule has 3 rings (SSSR count). The first-order chi connectivity index (χ1) is 13.6. The average Bonchev–Trinajstić information content (AvgIpc) is 3.36. The summed E-state index contributed by atoms with van der Waals surface area (Å²) < 4.78 is 5.75. The van der Waals surface area contributed by atoms with Gasteiger partial charge in [0.1, 0.15) is 0 Å². The van der Waals surface area contributed by atoms with Crippen LogP contribution in [0.15, 0.2) is 41.8 Å². The van der Waals surface area contributed by atoms with Crippen molar-refractivity contribution in [2.45, 2.75) is 32.4 Å². The predicted molar refractivity (Wildman–Crippen MR) is 112 cm³/mol. The van der Waals surface area contributed by atoms with Gasteiger partial charge in [-0.15, -0.1) is 11.3 Å². The summed E-state index contributed by atoms with van der Waals surface area (Å²) in [6.45, 7) is 4.99. The molecular weight excluding hydrogens is 374 g/mol. The Bertz CT molecular complexity index is 773. The molecule has 0 bridgehead atoms. The molecule has 6 nitrogen and oxygen atoms in total. The summed E-state index contributed by atoms with van der Waals surface area (Å²) in [5.41, 5.74) is 1.16. The highest BCUT2D eigenvalue weighted by atomic mass is 32.1. The minimum absolute atomic E-state index is 0.0948. The molecule has 7 heteroatoms. The van der Waals surface area contributed by atoms with Crippen LogP contribution < -0.4 is 10.6 Å². The third-order valence-corrected chi connectivity index (χ3v) is 5.42. The van der Waals surface area contributed by atoms with Crippen LogP contribution in [0.4, 0.5) is 5.69 Å². The van der Waals surface area contributed by atoms with Crippen molar-refractivity contribution in [3.8, 4) is 0 Å². The van der Waals surface area contributed by atoms with Crippen LogP contribution in [0.1, 0.15) is 35.0 Å². The fraction of sp³-hybridized carbons (Fsp3) is 0.429. The highest BCUT2D eigenvalue weighted by Crippen LogP contribution is 2.17. The lowest BCUT2D eigenvalue weighted by molar-refractivity contribution is -0.117. The quantitative estimate of drug-likeness (QED) is 0.677. The number of nitrogens with one attached hydrogen (secondary N) is 2. The summed E-state index contributed by atoms with van der Waals surface area (Å²) in [7, 11) is 0. The van der Waals surface area contributed by atoms with E-state index in [1.54, 1.807) is 35.6 Å². The number of carbonyl (C=O) groups is 2. The Labute approximate surface area is 169 Å².